The van der Waals surface area contributed by atoms with Crippen LogP contribution >= 0.6 is 0 Å². The molecule has 6 nitrogen and oxygen atoms in total. The summed E-state index contributed by atoms with van der Waals surface area (Å²) in [6.07, 6.45) is 0.748. The number of carbonyl (C=O) groups is 1. The van der Waals surface area contributed by atoms with Crippen molar-refractivity contribution in [3.8, 4) is 11.3 Å². The lowest BCUT2D eigenvalue weighted by atomic mass is 10.0. The van der Waals surface area contributed by atoms with Crippen molar-refractivity contribution in [2.24, 2.45) is 0 Å². The van der Waals surface area contributed by atoms with Crippen molar-refractivity contribution in [1.82, 2.24) is 10.1 Å². The van der Waals surface area contributed by atoms with Crippen LogP contribution < -0.4 is 4.90 Å². The zero-order chi connectivity index (χ0) is 22.5. The minimum Gasteiger partial charge on any atom is -0.378 e. The van der Waals surface area contributed by atoms with Crippen molar-refractivity contribution in [2.45, 2.75) is 26.8 Å². The first-order valence-electron chi connectivity index (χ1n) is 11.0. The molecule has 1 saturated heterocycles. The third-order valence-electron chi connectivity index (χ3n) is 5.59. The summed E-state index contributed by atoms with van der Waals surface area (Å²) in [5.74, 6) is -0.210. The number of anilines is 1. The number of halogens is 1. The van der Waals surface area contributed by atoms with Gasteiger partial charge in [0.05, 0.1) is 30.9 Å². The van der Waals surface area contributed by atoms with Crippen molar-refractivity contribution in [1.29, 1.82) is 0 Å². The molecule has 3 aromatic rings. The number of hydrogen-bond acceptors (Lipinski definition) is 5. The zero-order valence-corrected chi connectivity index (χ0v) is 18.5. The van der Waals surface area contributed by atoms with Gasteiger partial charge in [-0.15, -0.1) is 0 Å². The van der Waals surface area contributed by atoms with Gasteiger partial charge in [0.25, 0.3) is 5.91 Å². The minimum atomic E-state index is -0.517. The fourth-order valence-corrected chi connectivity index (χ4v) is 4.00. The molecule has 0 aliphatic carbocycles. The largest absolute Gasteiger partial charge is 0.378 e. The Kier molecular flexibility index (Phi) is 6.85. The Morgan fingerprint density at radius 3 is 2.66 bits per heavy atom. The predicted molar refractivity (Wildman–Crippen MR) is 121 cm³/mol. The Morgan fingerprint density at radius 2 is 1.94 bits per heavy atom. The van der Waals surface area contributed by atoms with Crippen molar-refractivity contribution >= 4 is 11.8 Å². The lowest BCUT2D eigenvalue weighted by molar-refractivity contribution is 0.0738. The van der Waals surface area contributed by atoms with Crippen molar-refractivity contribution < 1.29 is 18.4 Å². The highest BCUT2D eigenvalue weighted by Crippen LogP contribution is 2.33. The number of aromatic nitrogens is 1. The van der Waals surface area contributed by atoms with Gasteiger partial charge in [-0.05, 0) is 31.5 Å². The summed E-state index contributed by atoms with van der Waals surface area (Å²) in [5, 5.41) is 4.40. The highest BCUT2D eigenvalue weighted by molar-refractivity contribution is 5.94. The Balaban J connectivity index is 1.74. The summed E-state index contributed by atoms with van der Waals surface area (Å²) in [6.45, 7) is 7.37. The fourth-order valence-electron chi connectivity index (χ4n) is 4.00. The summed E-state index contributed by atoms with van der Waals surface area (Å²) in [7, 11) is 0. The predicted octanol–water partition coefficient (Wildman–Crippen LogP) is 4.68. The van der Waals surface area contributed by atoms with E-state index in [-0.39, 0.29) is 18.0 Å². The van der Waals surface area contributed by atoms with Crippen molar-refractivity contribution in [2.75, 3.05) is 37.7 Å². The highest BCUT2D eigenvalue weighted by atomic mass is 19.1. The van der Waals surface area contributed by atoms with Crippen LogP contribution in [0.15, 0.2) is 53.1 Å². The number of hydrogen-bond donors (Lipinski definition) is 0. The van der Waals surface area contributed by atoms with Crippen molar-refractivity contribution in [3.05, 3.63) is 71.0 Å². The number of amides is 1. The van der Waals surface area contributed by atoms with Gasteiger partial charge in [0.2, 0.25) is 5.88 Å². The molecule has 1 aliphatic rings. The van der Waals surface area contributed by atoms with E-state index in [4.69, 9.17) is 9.26 Å². The number of carbonyl (C=O) groups excluding carboxylic acids is 1. The number of morpholine rings is 1. The molecule has 1 amide bonds. The smallest absolute Gasteiger partial charge is 0.257 e. The zero-order valence-electron chi connectivity index (χ0n) is 18.5. The molecule has 7 heteroatoms. The van der Waals surface area contributed by atoms with Crippen LogP contribution in [-0.4, -0.2) is 48.8 Å². The molecule has 0 atom stereocenters. The second kappa shape index (κ2) is 9.96. The van der Waals surface area contributed by atoms with Crippen molar-refractivity contribution in [3.63, 3.8) is 0 Å². The van der Waals surface area contributed by atoms with E-state index in [1.807, 2.05) is 38.1 Å². The van der Waals surface area contributed by atoms with Crippen LogP contribution in [0, 0.1) is 12.7 Å². The summed E-state index contributed by atoms with van der Waals surface area (Å²) < 4.78 is 25.7. The van der Waals surface area contributed by atoms with Gasteiger partial charge >= 0.3 is 0 Å². The summed E-state index contributed by atoms with van der Waals surface area (Å²) >= 11 is 0. The van der Waals surface area contributed by atoms with E-state index in [0.717, 1.165) is 23.1 Å². The van der Waals surface area contributed by atoms with Gasteiger partial charge in [0, 0.05) is 25.2 Å². The van der Waals surface area contributed by atoms with Crippen LogP contribution in [0.3, 0.4) is 0 Å². The number of benzene rings is 2. The van der Waals surface area contributed by atoms with E-state index >= 15 is 0 Å². The SMILES string of the molecule is CCCN(Cc1c(-c2cccc(C)c2)noc1N1CCOCC1)C(=O)c1ccccc1F. The summed E-state index contributed by atoms with van der Waals surface area (Å²) in [5.41, 5.74) is 3.64. The van der Waals surface area contributed by atoms with Crippen LogP contribution in [-0.2, 0) is 11.3 Å². The number of rotatable bonds is 7. The minimum absolute atomic E-state index is 0.0717. The molecule has 0 spiro atoms. The Bertz CT molecular complexity index is 1080. The molecule has 0 saturated carbocycles. The lowest BCUT2D eigenvalue weighted by Gasteiger charge is -2.28. The van der Waals surface area contributed by atoms with E-state index in [1.165, 1.54) is 12.1 Å². The maximum Gasteiger partial charge on any atom is 0.257 e. The molecule has 4 rings (SSSR count). The molecule has 0 bridgehead atoms. The van der Waals surface area contributed by atoms with E-state index in [0.29, 0.717) is 44.4 Å². The first kappa shape index (κ1) is 22.0. The first-order chi connectivity index (χ1) is 15.6. The molecule has 1 aromatic heterocycles. The van der Waals surface area contributed by atoms with E-state index in [2.05, 4.69) is 10.1 Å². The fraction of sp³-hybridized carbons (Fsp3) is 0.360. The topological polar surface area (TPSA) is 58.8 Å². The first-order valence-corrected chi connectivity index (χ1v) is 11.0. The van der Waals surface area contributed by atoms with Gasteiger partial charge < -0.3 is 19.1 Å². The quantitative estimate of drug-likeness (QED) is 0.537. The molecule has 2 heterocycles. The lowest BCUT2D eigenvalue weighted by Crippen LogP contribution is -2.37. The molecular formula is C25H28FN3O3. The molecule has 0 N–H and O–H groups in total. The van der Waals surface area contributed by atoms with Gasteiger partial charge in [0.15, 0.2) is 0 Å². The Labute approximate surface area is 187 Å². The third kappa shape index (κ3) is 4.67. The Morgan fingerprint density at radius 1 is 1.16 bits per heavy atom. The Hall–Kier alpha value is -3.19. The number of nitrogens with zero attached hydrogens (tertiary/aromatic N) is 3. The summed E-state index contributed by atoms with van der Waals surface area (Å²) in [6, 6.07) is 14.1. The second-order valence-corrected chi connectivity index (χ2v) is 7.99. The number of ether oxygens (including phenoxy) is 1. The average Bonchev–Trinajstić information content (AvgIpc) is 3.23. The molecule has 1 fully saturated rings. The van der Waals surface area contributed by atoms with Crippen LogP contribution in [0.1, 0.15) is 34.8 Å². The molecule has 168 valence electrons. The van der Waals surface area contributed by atoms with Crippen LogP contribution in [0.4, 0.5) is 10.3 Å². The van der Waals surface area contributed by atoms with Gasteiger partial charge in [0.1, 0.15) is 11.5 Å². The normalized spacial score (nSPS) is 13.9. The maximum atomic E-state index is 14.4. The van der Waals surface area contributed by atoms with E-state index in [9.17, 15) is 9.18 Å². The monoisotopic (exact) mass is 437 g/mol. The van der Waals surface area contributed by atoms with Gasteiger partial charge in [-0.25, -0.2) is 4.39 Å². The van der Waals surface area contributed by atoms with Gasteiger partial charge in [-0.2, -0.15) is 0 Å². The van der Waals surface area contributed by atoms with Gasteiger partial charge in [-0.3, -0.25) is 4.79 Å². The number of aryl methyl sites for hydroxylation is 1. The molecule has 1 aliphatic heterocycles. The molecular weight excluding hydrogens is 409 g/mol. The third-order valence-corrected chi connectivity index (χ3v) is 5.59. The average molecular weight is 438 g/mol. The molecule has 2 aromatic carbocycles. The maximum absolute atomic E-state index is 14.4. The standard InChI is InChI=1S/C25H28FN3O3/c1-3-11-29(24(30)20-9-4-5-10-22(20)26)17-21-23(19-8-6-7-18(2)16-19)27-32-25(21)28-12-14-31-15-13-28/h4-10,16H,3,11-15,17H2,1-2H3. The van der Waals surface area contributed by atoms with Crippen LogP contribution in [0.25, 0.3) is 11.3 Å². The van der Waals surface area contributed by atoms with E-state index < -0.39 is 5.82 Å². The van der Waals surface area contributed by atoms with Crippen LogP contribution in [0.5, 0.6) is 0 Å². The van der Waals surface area contributed by atoms with E-state index in [1.54, 1.807) is 17.0 Å². The molecule has 0 radical (unpaired) electrons. The second-order valence-electron chi connectivity index (χ2n) is 7.99. The molecule has 32 heavy (non-hydrogen) atoms. The van der Waals surface area contributed by atoms with Crippen LogP contribution in [0.2, 0.25) is 0 Å². The summed E-state index contributed by atoms with van der Waals surface area (Å²) in [4.78, 5) is 17.0. The molecule has 0 unspecified atom stereocenters. The van der Waals surface area contributed by atoms with Gasteiger partial charge in [-0.1, -0.05) is 48.0 Å². The highest BCUT2D eigenvalue weighted by Gasteiger charge is 2.28.